The maximum absolute atomic E-state index is 12.7. The molecular formula is C20H24N2O4. The molecule has 2 aliphatic rings. The highest BCUT2D eigenvalue weighted by molar-refractivity contribution is 5.96. The molecule has 0 radical (unpaired) electrons. The molecule has 1 aliphatic carbocycles. The van der Waals surface area contributed by atoms with Crippen LogP contribution in [0.25, 0.3) is 10.9 Å². The molecule has 1 unspecified atom stereocenters. The van der Waals surface area contributed by atoms with E-state index in [0.29, 0.717) is 31.2 Å². The van der Waals surface area contributed by atoms with E-state index >= 15 is 0 Å². The number of ether oxygens (including phenoxy) is 2. The number of hydrogen-bond donors (Lipinski definition) is 1. The van der Waals surface area contributed by atoms with Crippen molar-refractivity contribution >= 4 is 22.8 Å². The van der Waals surface area contributed by atoms with Gasteiger partial charge in [0.05, 0.1) is 19.3 Å². The van der Waals surface area contributed by atoms with Gasteiger partial charge < -0.3 is 19.4 Å². The van der Waals surface area contributed by atoms with Gasteiger partial charge in [0.2, 0.25) is 0 Å². The first-order valence-electron chi connectivity index (χ1n) is 9.19. The lowest BCUT2D eigenvalue weighted by atomic mass is 10.0. The molecular weight excluding hydrogens is 332 g/mol. The number of benzene rings is 1. The number of fused-ring (bicyclic) bond motifs is 3. The molecule has 0 saturated heterocycles. The normalized spacial score (nSPS) is 17.8. The highest BCUT2D eigenvalue weighted by Gasteiger charge is 2.29. The number of nitrogens with one attached hydrogen (secondary N) is 1. The van der Waals surface area contributed by atoms with Crippen LogP contribution < -0.4 is 0 Å². The number of rotatable bonds is 5. The van der Waals surface area contributed by atoms with Gasteiger partial charge in [-0.05, 0) is 43.9 Å². The van der Waals surface area contributed by atoms with Crippen LogP contribution in [-0.4, -0.2) is 48.1 Å². The topological polar surface area (TPSA) is 71.6 Å². The smallest absolute Gasteiger partial charge is 0.337 e. The van der Waals surface area contributed by atoms with Gasteiger partial charge in [0.1, 0.15) is 6.10 Å². The van der Waals surface area contributed by atoms with Crippen molar-refractivity contribution in [2.45, 2.75) is 38.8 Å². The van der Waals surface area contributed by atoms with Gasteiger partial charge in [0.25, 0.3) is 5.91 Å². The molecule has 1 fully saturated rings. The van der Waals surface area contributed by atoms with Crippen molar-refractivity contribution in [1.82, 2.24) is 9.88 Å². The number of carbonyl (C=O) groups is 2. The fourth-order valence-electron chi connectivity index (χ4n) is 3.54. The summed E-state index contributed by atoms with van der Waals surface area (Å²) in [4.78, 5) is 29.8. The summed E-state index contributed by atoms with van der Waals surface area (Å²) >= 11 is 0. The van der Waals surface area contributed by atoms with Gasteiger partial charge in [-0.3, -0.25) is 4.79 Å². The molecule has 2 heterocycles. The Bertz CT molecular complexity index is 853. The van der Waals surface area contributed by atoms with Crippen molar-refractivity contribution < 1.29 is 19.1 Å². The molecule has 1 N–H and O–H groups in total. The minimum Gasteiger partial charge on any atom is -0.465 e. The zero-order chi connectivity index (χ0) is 18.3. The fourth-order valence-corrected chi connectivity index (χ4v) is 3.54. The van der Waals surface area contributed by atoms with Crippen LogP contribution in [0.5, 0.6) is 0 Å². The van der Waals surface area contributed by atoms with Gasteiger partial charge in [-0.1, -0.05) is 0 Å². The van der Waals surface area contributed by atoms with Crippen molar-refractivity contribution in [3.63, 3.8) is 0 Å². The average molecular weight is 356 g/mol. The number of carbonyl (C=O) groups excluding carboxylic acids is 2. The lowest BCUT2D eigenvalue weighted by Crippen LogP contribution is -2.42. The van der Waals surface area contributed by atoms with Crippen molar-refractivity contribution in [3.8, 4) is 0 Å². The summed E-state index contributed by atoms with van der Waals surface area (Å²) in [6.07, 6.45) is 2.80. The van der Waals surface area contributed by atoms with Gasteiger partial charge in [-0.15, -0.1) is 0 Å². The van der Waals surface area contributed by atoms with E-state index in [4.69, 9.17) is 9.47 Å². The van der Waals surface area contributed by atoms with E-state index < -0.39 is 6.10 Å². The minimum atomic E-state index is -0.409. The summed E-state index contributed by atoms with van der Waals surface area (Å²) in [6.45, 7) is 3.74. The van der Waals surface area contributed by atoms with Crippen LogP contribution in [0.3, 0.4) is 0 Å². The Labute approximate surface area is 152 Å². The van der Waals surface area contributed by atoms with Crippen LogP contribution in [0.2, 0.25) is 0 Å². The molecule has 138 valence electrons. The second-order valence-corrected chi connectivity index (χ2v) is 7.26. The van der Waals surface area contributed by atoms with Crippen molar-refractivity contribution in [3.05, 3.63) is 35.0 Å². The van der Waals surface area contributed by atoms with E-state index in [1.54, 1.807) is 6.07 Å². The zero-order valence-corrected chi connectivity index (χ0v) is 15.2. The van der Waals surface area contributed by atoms with Gasteiger partial charge in [-0.2, -0.15) is 0 Å². The van der Waals surface area contributed by atoms with Gasteiger partial charge in [-0.25, -0.2) is 4.79 Å². The predicted molar refractivity (Wildman–Crippen MR) is 96.9 cm³/mol. The molecule has 4 rings (SSSR count). The molecule has 2 aromatic rings. The average Bonchev–Trinajstić information content (AvgIpc) is 3.43. The third-order valence-corrected chi connectivity index (χ3v) is 5.33. The first-order chi connectivity index (χ1) is 12.6. The number of aromatic amines is 1. The molecule has 0 bridgehead atoms. The Morgan fingerprint density at radius 3 is 2.88 bits per heavy atom. The van der Waals surface area contributed by atoms with Crippen LogP contribution >= 0.6 is 0 Å². The third-order valence-electron chi connectivity index (χ3n) is 5.33. The molecule has 1 aliphatic heterocycles. The molecule has 1 atom stereocenters. The van der Waals surface area contributed by atoms with Crippen LogP contribution in [0.15, 0.2) is 18.2 Å². The first kappa shape index (κ1) is 17.1. The molecule has 1 saturated carbocycles. The Hall–Kier alpha value is -2.34. The lowest BCUT2D eigenvalue weighted by molar-refractivity contribution is -0.143. The summed E-state index contributed by atoms with van der Waals surface area (Å²) in [7, 11) is 1.38. The maximum Gasteiger partial charge on any atom is 0.337 e. The van der Waals surface area contributed by atoms with E-state index in [0.717, 1.165) is 28.6 Å². The Balaban J connectivity index is 1.54. The van der Waals surface area contributed by atoms with E-state index in [9.17, 15) is 9.59 Å². The SMILES string of the molecule is COC(=O)c1ccc2[nH]c3c(c2c1)CN(C(=O)C(C)OCC1CC1)CC3. The first-order valence-corrected chi connectivity index (χ1v) is 9.19. The largest absolute Gasteiger partial charge is 0.465 e. The number of esters is 1. The molecule has 1 aromatic heterocycles. The third kappa shape index (κ3) is 3.21. The predicted octanol–water partition coefficient (Wildman–Crippen LogP) is 2.65. The number of methoxy groups -OCH3 is 1. The van der Waals surface area contributed by atoms with Crippen LogP contribution in [0.1, 0.15) is 41.4 Å². The second kappa shape index (κ2) is 6.76. The summed E-state index contributed by atoms with van der Waals surface area (Å²) in [5, 5.41) is 0.979. The monoisotopic (exact) mass is 356 g/mol. The number of hydrogen-bond acceptors (Lipinski definition) is 4. The summed E-state index contributed by atoms with van der Waals surface area (Å²) in [5.74, 6) is 0.325. The second-order valence-electron chi connectivity index (χ2n) is 7.26. The summed E-state index contributed by atoms with van der Waals surface area (Å²) in [6, 6.07) is 5.50. The van der Waals surface area contributed by atoms with Crippen molar-refractivity contribution in [2.75, 3.05) is 20.3 Å². The van der Waals surface area contributed by atoms with E-state index in [-0.39, 0.29) is 11.9 Å². The Kier molecular flexibility index (Phi) is 4.44. The maximum atomic E-state index is 12.7. The van der Waals surface area contributed by atoms with Gasteiger partial charge in [0.15, 0.2) is 0 Å². The standard InChI is InChI=1S/C20H24N2O4/c1-12(26-11-13-3-4-13)19(23)22-8-7-18-16(10-22)15-9-14(20(24)25-2)5-6-17(15)21-18/h5-6,9,12-13,21H,3-4,7-8,10-11H2,1-2H3. The molecule has 6 heteroatoms. The summed E-state index contributed by atoms with van der Waals surface area (Å²) < 4.78 is 10.6. The van der Waals surface area contributed by atoms with E-state index in [2.05, 4.69) is 4.98 Å². The van der Waals surface area contributed by atoms with Crippen molar-refractivity contribution in [2.24, 2.45) is 5.92 Å². The number of amides is 1. The fraction of sp³-hybridized carbons (Fsp3) is 0.500. The van der Waals surface area contributed by atoms with Crippen LogP contribution in [0, 0.1) is 5.92 Å². The molecule has 1 amide bonds. The van der Waals surface area contributed by atoms with E-state index in [1.165, 1.54) is 20.0 Å². The minimum absolute atomic E-state index is 0.0368. The summed E-state index contributed by atoms with van der Waals surface area (Å²) in [5.41, 5.74) is 3.72. The highest BCUT2D eigenvalue weighted by Crippen LogP contribution is 2.31. The van der Waals surface area contributed by atoms with Crippen LogP contribution in [0.4, 0.5) is 0 Å². The number of H-pyrrole nitrogens is 1. The molecule has 26 heavy (non-hydrogen) atoms. The Morgan fingerprint density at radius 2 is 2.15 bits per heavy atom. The van der Waals surface area contributed by atoms with Gasteiger partial charge in [0, 0.05) is 41.7 Å². The molecule has 0 spiro atoms. The van der Waals surface area contributed by atoms with E-state index in [1.807, 2.05) is 24.0 Å². The number of aromatic nitrogens is 1. The zero-order valence-electron chi connectivity index (χ0n) is 15.2. The molecule has 1 aromatic carbocycles. The lowest BCUT2D eigenvalue weighted by Gasteiger charge is -2.29. The van der Waals surface area contributed by atoms with Gasteiger partial charge >= 0.3 is 5.97 Å². The quantitative estimate of drug-likeness (QED) is 0.836. The highest BCUT2D eigenvalue weighted by atomic mass is 16.5. The van der Waals surface area contributed by atoms with Crippen molar-refractivity contribution in [1.29, 1.82) is 0 Å². The Morgan fingerprint density at radius 1 is 1.35 bits per heavy atom. The number of nitrogens with zero attached hydrogens (tertiary/aromatic N) is 1. The van der Waals surface area contributed by atoms with Crippen LogP contribution in [-0.2, 0) is 27.2 Å². The molecule has 6 nitrogen and oxygen atoms in total.